The summed E-state index contributed by atoms with van der Waals surface area (Å²) in [6, 6.07) is 13.3. The average Bonchev–Trinajstić information content (AvgIpc) is 2.54. The number of benzene rings is 2. The maximum absolute atomic E-state index is 5.34. The van der Waals surface area contributed by atoms with Crippen LogP contribution in [-0.4, -0.2) is 24.2 Å². The number of anilines is 2. The first-order chi connectivity index (χ1) is 10.3. The van der Waals surface area contributed by atoms with Gasteiger partial charge in [-0.1, -0.05) is 12.1 Å². The lowest BCUT2D eigenvalue weighted by molar-refractivity contribution is 0.405. The minimum atomic E-state index is 0.653. The summed E-state index contributed by atoms with van der Waals surface area (Å²) < 4.78 is 10.6. The van der Waals surface area contributed by atoms with E-state index in [-0.39, 0.29) is 0 Å². The van der Waals surface area contributed by atoms with E-state index in [1.807, 2.05) is 42.5 Å². The molecule has 0 aliphatic heterocycles. The molecule has 5 nitrogen and oxygen atoms in total. The van der Waals surface area contributed by atoms with Gasteiger partial charge in [0, 0.05) is 6.07 Å². The molecule has 3 aromatic rings. The van der Waals surface area contributed by atoms with Gasteiger partial charge in [0.15, 0.2) is 0 Å². The fourth-order valence-electron chi connectivity index (χ4n) is 2.07. The topological polar surface area (TPSA) is 56.3 Å². The lowest BCUT2D eigenvalue weighted by atomic mass is 10.2. The van der Waals surface area contributed by atoms with Gasteiger partial charge < -0.3 is 14.8 Å². The molecule has 0 aliphatic carbocycles. The van der Waals surface area contributed by atoms with E-state index in [1.165, 1.54) is 0 Å². The van der Waals surface area contributed by atoms with Crippen LogP contribution < -0.4 is 14.8 Å². The first-order valence-electron chi connectivity index (χ1n) is 6.51. The minimum Gasteiger partial charge on any atom is -0.497 e. The number of nitrogens with zero attached hydrogens (tertiary/aromatic N) is 2. The second-order valence-corrected chi connectivity index (χ2v) is 4.44. The predicted octanol–water partition coefficient (Wildman–Crippen LogP) is 3.39. The SMILES string of the molecule is COc1ccc(OC)c(Nc2cnc3ccccc3n2)c1. The van der Waals surface area contributed by atoms with Crippen LogP contribution in [0.15, 0.2) is 48.7 Å². The number of rotatable bonds is 4. The van der Waals surface area contributed by atoms with Gasteiger partial charge in [-0.05, 0) is 24.3 Å². The molecule has 1 aromatic heterocycles. The Morgan fingerprint density at radius 2 is 1.76 bits per heavy atom. The monoisotopic (exact) mass is 281 g/mol. The van der Waals surface area contributed by atoms with E-state index >= 15 is 0 Å². The Morgan fingerprint density at radius 3 is 2.52 bits per heavy atom. The van der Waals surface area contributed by atoms with Crippen molar-refractivity contribution >= 4 is 22.5 Å². The molecule has 0 fully saturated rings. The summed E-state index contributed by atoms with van der Waals surface area (Å²) in [5.41, 5.74) is 2.48. The first kappa shape index (κ1) is 13.2. The van der Waals surface area contributed by atoms with Crippen molar-refractivity contribution in [3.63, 3.8) is 0 Å². The first-order valence-corrected chi connectivity index (χ1v) is 6.51. The molecule has 0 atom stereocenters. The van der Waals surface area contributed by atoms with Gasteiger partial charge in [-0.25, -0.2) is 4.98 Å². The van der Waals surface area contributed by atoms with Crippen molar-refractivity contribution in [2.45, 2.75) is 0 Å². The van der Waals surface area contributed by atoms with Gasteiger partial charge in [-0.15, -0.1) is 0 Å². The van der Waals surface area contributed by atoms with Crippen LogP contribution in [0, 0.1) is 0 Å². The van der Waals surface area contributed by atoms with E-state index in [4.69, 9.17) is 9.47 Å². The maximum atomic E-state index is 5.34. The molecule has 1 N–H and O–H groups in total. The highest BCUT2D eigenvalue weighted by molar-refractivity contribution is 5.76. The molecule has 1 heterocycles. The highest BCUT2D eigenvalue weighted by Crippen LogP contribution is 2.31. The van der Waals surface area contributed by atoms with Gasteiger partial charge >= 0.3 is 0 Å². The second-order valence-electron chi connectivity index (χ2n) is 4.44. The smallest absolute Gasteiger partial charge is 0.149 e. The van der Waals surface area contributed by atoms with Gasteiger partial charge in [0.2, 0.25) is 0 Å². The van der Waals surface area contributed by atoms with E-state index in [1.54, 1.807) is 20.4 Å². The number of aromatic nitrogens is 2. The van der Waals surface area contributed by atoms with Crippen LogP contribution >= 0.6 is 0 Å². The Balaban J connectivity index is 1.97. The summed E-state index contributed by atoms with van der Waals surface area (Å²) in [4.78, 5) is 8.91. The molecule has 0 aliphatic rings. The van der Waals surface area contributed by atoms with Crippen molar-refractivity contribution in [3.05, 3.63) is 48.7 Å². The Hall–Kier alpha value is -2.82. The molecule has 106 valence electrons. The molecule has 5 heteroatoms. The Bertz CT molecular complexity index is 774. The van der Waals surface area contributed by atoms with Crippen LogP contribution in [0.1, 0.15) is 0 Å². The van der Waals surface area contributed by atoms with E-state index in [0.29, 0.717) is 11.6 Å². The van der Waals surface area contributed by atoms with Crippen molar-refractivity contribution in [2.75, 3.05) is 19.5 Å². The molecule has 0 spiro atoms. The molecular formula is C16H15N3O2. The summed E-state index contributed by atoms with van der Waals surface area (Å²) in [6.07, 6.45) is 1.70. The molecule has 3 rings (SSSR count). The van der Waals surface area contributed by atoms with Gasteiger partial charge in [-0.3, -0.25) is 4.98 Å². The van der Waals surface area contributed by atoms with E-state index in [9.17, 15) is 0 Å². The number of hydrogen-bond acceptors (Lipinski definition) is 5. The van der Waals surface area contributed by atoms with E-state index in [0.717, 1.165) is 22.5 Å². The van der Waals surface area contributed by atoms with Crippen molar-refractivity contribution in [2.24, 2.45) is 0 Å². The molecule has 2 aromatic carbocycles. The summed E-state index contributed by atoms with van der Waals surface area (Å²) in [5, 5.41) is 3.21. The lowest BCUT2D eigenvalue weighted by Gasteiger charge is -2.12. The molecule has 0 unspecified atom stereocenters. The Kier molecular flexibility index (Phi) is 3.55. The standard InChI is InChI=1S/C16H15N3O2/c1-20-11-7-8-15(21-2)14(9-11)19-16-10-17-12-5-3-4-6-13(12)18-16/h3-10H,1-2H3,(H,18,19). The van der Waals surface area contributed by atoms with Crippen molar-refractivity contribution in [1.29, 1.82) is 0 Å². The third-order valence-corrected chi connectivity index (χ3v) is 3.12. The molecule has 0 bridgehead atoms. The fourth-order valence-corrected chi connectivity index (χ4v) is 2.07. The second kappa shape index (κ2) is 5.66. The number of ether oxygens (including phenoxy) is 2. The molecule has 0 amide bonds. The number of fused-ring (bicyclic) bond motifs is 1. The maximum Gasteiger partial charge on any atom is 0.149 e. The average molecular weight is 281 g/mol. The van der Waals surface area contributed by atoms with Crippen LogP contribution in [0.3, 0.4) is 0 Å². The van der Waals surface area contributed by atoms with Crippen LogP contribution in [0.4, 0.5) is 11.5 Å². The molecule has 0 saturated heterocycles. The number of methoxy groups -OCH3 is 2. The lowest BCUT2D eigenvalue weighted by Crippen LogP contribution is -1.98. The van der Waals surface area contributed by atoms with Crippen LogP contribution in [0.25, 0.3) is 11.0 Å². The Morgan fingerprint density at radius 1 is 0.952 bits per heavy atom. The van der Waals surface area contributed by atoms with Crippen molar-refractivity contribution in [1.82, 2.24) is 9.97 Å². The zero-order valence-corrected chi connectivity index (χ0v) is 11.8. The van der Waals surface area contributed by atoms with Gasteiger partial charge in [0.1, 0.15) is 17.3 Å². The summed E-state index contributed by atoms with van der Waals surface area (Å²) >= 11 is 0. The fraction of sp³-hybridized carbons (Fsp3) is 0.125. The zero-order chi connectivity index (χ0) is 14.7. The molecular weight excluding hydrogens is 266 g/mol. The molecule has 0 saturated carbocycles. The summed E-state index contributed by atoms with van der Waals surface area (Å²) in [6.45, 7) is 0. The highest BCUT2D eigenvalue weighted by Gasteiger charge is 2.07. The third kappa shape index (κ3) is 2.72. The number of nitrogens with one attached hydrogen (secondary N) is 1. The summed E-state index contributed by atoms with van der Waals surface area (Å²) in [7, 11) is 3.25. The van der Waals surface area contributed by atoms with E-state index in [2.05, 4.69) is 15.3 Å². The summed E-state index contributed by atoms with van der Waals surface area (Å²) in [5.74, 6) is 2.11. The van der Waals surface area contributed by atoms with Crippen LogP contribution in [-0.2, 0) is 0 Å². The van der Waals surface area contributed by atoms with Gasteiger partial charge in [-0.2, -0.15) is 0 Å². The quantitative estimate of drug-likeness (QED) is 0.794. The third-order valence-electron chi connectivity index (χ3n) is 3.12. The highest BCUT2D eigenvalue weighted by atomic mass is 16.5. The number of para-hydroxylation sites is 2. The van der Waals surface area contributed by atoms with Crippen molar-refractivity contribution < 1.29 is 9.47 Å². The molecule has 0 radical (unpaired) electrons. The number of hydrogen-bond donors (Lipinski definition) is 1. The minimum absolute atomic E-state index is 0.653. The normalized spacial score (nSPS) is 10.4. The Labute approximate surface area is 122 Å². The van der Waals surface area contributed by atoms with Gasteiger partial charge in [0.25, 0.3) is 0 Å². The van der Waals surface area contributed by atoms with Crippen molar-refractivity contribution in [3.8, 4) is 11.5 Å². The van der Waals surface area contributed by atoms with E-state index < -0.39 is 0 Å². The largest absolute Gasteiger partial charge is 0.497 e. The van der Waals surface area contributed by atoms with Crippen LogP contribution in [0.5, 0.6) is 11.5 Å². The van der Waals surface area contributed by atoms with Gasteiger partial charge in [0.05, 0.1) is 37.1 Å². The zero-order valence-electron chi connectivity index (χ0n) is 11.8. The predicted molar refractivity (Wildman–Crippen MR) is 82.4 cm³/mol. The van der Waals surface area contributed by atoms with Crippen LogP contribution in [0.2, 0.25) is 0 Å². The molecule has 21 heavy (non-hydrogen) atoms.